The molecule has 0 amide bonds. The van der Waals surface area contributed by atoms with Gasteiger partial charge in [0.1, 0.15) is 5.75 Å². The molecule has 0 fully saturated rings. The summed E-state index contributed by atoms with van der Waals surface area (Å²) in [5.41, 5.74) is 4.77. The van der Waals surface area contributed by atoms with E-state index in [4.69, 9.17) is 10.6 Å². The molecule has 0 bridgehead atoms. The predicted octanol–water partition coefficient (Wildman–Crippen LogP) is 1.82. The minimum Gasteiger partial charge on any atom is -0.491 e. The van der Waals surface area contributed by atoms with Gasteiger partial charge in [-0.3, -0.25) is 5.84 Å². The third-order valence-corrected chi connectivity index (χ3v) is 2.67. The quantitative estimate of drug-likeness (QED) is 0.632. The topological polar surface area (TPSA) is 73.1 Å². The monoisotopic (exact) mass is 258 g/mol. The smallest absolute Gasteiger partial charge is 0.120 e. The molecule has 1 aromatic carbocycles. The maximum absolute atomic E-state index is 5.69. The fourth-order valence-corrected chi connectivity index (χ4v) is 1.90. The van der Waals surface area contributed by atoms with Crippen LogP contribution in [0.5, 0.6) is 5.75 Å². The average molecular weight is 258 g/mol. The first-order chi connectivity index (χ1) is 9.20. The van der Waals surface area contributed by atoms with Crippen LogP contribution in [-0.4, -0.2) is 16.3 Å². The van der Waals surface area contributed by atoms with Gasteiger partial charge >= 0.3 is 0 Å². The van der Waals surface area contributed by atoms with Crippen molar-refractivity contribution in [1.29, 1.82) is 0 Å². The van der Waals surface area contributed by atoms with E-state index >= 15 is 0 Å². The van der Waals surface area contributed by atoms with Crippen LogP contribution in [0.1, 0.15) is 31.0 Å². The van der Waals surface area contributed by atoms with E-state index in [-0.39, 0.29) is 12.1 Å². The molecule has 2 rings (SSSR count). The molecule has 5 heteroatoms. The SMILES string of the molecule is CC(C)Oc1cccc(C(NN)c2ccnnc2)c1. The molecule has 0 radical (unpaired) electrons. The molecular weight excluding hydrogens is 240 g/mol. The third kappa shape index (κ3) is 3.49. The summed E-state index contributed by atoms with van der Waals surface area (Å²) >= 11 is 0. The van der Waals surface area contributed by atoms with E-state index in [1.807, 2.05) is 44.2 Å². The fourth-order valence-electron chi connectivity index (χ4n) is 1.90. The molecule has 19 heavy (non-hydrogen) atoms. The molecule has 1 heterocycles. The summed E-state index contributed by atoms with van der Waals surface area (Å²) in [5.74, 6) is 6.48. The Bertz CT molecular complexity index is 516. The van der Waals surface area contributed by atoms with Crippen LogP contribution in [0.15, 0.2) is 42.7 Å². The second-order valence-corrected chi connectivity index (χ2v) is 4.51. The highest BCUT2D eigenvalue weighted by Crippen LogP contribution is 2.24. The molecule has 2 aromatic rings. The molecule has 1 aromatic heterocycles. The van der Waals surface area contributed by atoms with Crippen molar-refractivity contribution in [2.75, 3.05) is 0 Å². The molecule has 0 spiro atoms. The van der Waals surface area contributed by atoms with E-state index in [0.717, 1.165) is 16.9 Å². The number of nitrogens with zero attached hydrogens (tertiary/aromatic N) is 2. The van der Waals surface area contributed by atoms with Crippen molar-refractivity contribution in [2.45, 2.75) is 26.0 Å². The molecule has 1 unspecified atom stereocenters. The van der Waals surface area contributed by atoms with Crippen LogP contribution in [0.3, 0.4) is 0 Å². The Labute approximate surface area is 112 Å². The number of aromatic nitrogens is 2. The van der Waals surface area contributed by atoms with Gasteiger partial charge in [-0.2, -0.15) is 10.2 Å². The van der Waals surface area contributed by atoms with Gasteiger partial charge in [0.15, 0.2) is 0 Å². The Hall–Kier alpha value is -1.98. The first kappa shape index (κ1) is 13.5. The van der Waals surface area contributed by atoms with E-state index in [2.05, 4.69) is 15.6 Å². The van der Waals surface area contributed by atoms with E-state index < -0.39 is 0 Å². The zero-order valence-electron chi connectivity index (χ0n) is 11.1. The fraction of sp³-hybridized carbons (Fsp3) is 0.286. The van der Waals surface area contributed by atoms with Crippen molar-refractivity contribution in [1.82, 2.24) is 15.6 Å². The number of hydrogen-bond donors (Lipinski definition) is 2. The lowest BCUT2D eigenvalue weighted by Crippen LogP contribution is -2.29. The average Bonchev–Trinajstić information content (AvgIpc) is 2.40. The van der Waals surface area contributed by atoms with E-state index in [1.54, 1.807) is 12.4 Å². The molecule has 5 nitrogen and oxygen atoms in total. The first-order valence-corrected chi connectivity index (χ1v) is 6.20. The van der Waals surface area contributed by atoms with Crippen molar-refractivity contribution in [3.8, 4) is 5.75 Å². The number of hydrogen-bond acceptors (Lipinski definition) is 5. The van der Waals surface area contributed by atoms with Gasteiger partial charge in [-0.15, -0.1) is 0 Å². The number of nitrogens with two attached hydrogens (primary N) is 1. The lowest BCUT2D eigenvalue weighted by Gasteiger charge is -2.18. The summed E-state index contributed by atoms with van der Waals surface area (Å²) < 4.78 is 5.69. The van der Waals surface area contributed by atoms with Crippen molar-refractivity contribution in [3.05, 3.63) is 53.9 Å². The number of benzene rings is 1. The Morgan fingerprint density at radius 3 is 2.63 bits per heavy atom. The lowest BCUT2D eigenvalue weighted by molar-refractivity contribution is 0.242. The Morgan fingerprint density at radius 1 is 1.16 bits per heavy atom. The number of hydrazine groups is 1. The molecule has 0 aliphatic carbocycles. The predicted molar refractivity (Wildman–Crippen MR) is 73.4 cm³/mol. The molecule has 0 aliphatic heterocycles. The van der Waals surface area contributed by atoms with Gasteiger partial charge in [-0.1, -0.05) is 12.1 Å². The van der Waals surface area contributed by atoms with Gasteiger partial charge in [0.25, 0.3) is 0 Å². The Kier molecular flexibility index (Phi) is 4.43. The third-order valence-electron chi connectivity index (χ3n) is 2.67. The van der Waals surface area contributed by atoms with Crippen molar-refractivity contribution < 1.29 is 4.74 Å². The molecule has 0 saturated carbocycles. The lowest BCUT2D eigenvalue weighted by atomic mass is 10.0. The van der Waals surface area contributed by atoms with Crippen LogP contribution >= 0.6 is 0 Å². The number of nitrogens with one attached hydrogen (secondary N) is 1. The highest BCUT2D eigenvalue weighted by atomic mass is 16.5. The molecule has 100 valence electrons. The van der Waals surface area contributed by atoms with Gasteiger partial charge in [0.05, 0.1) is 18.3 Å². The molecule has 0 saturated heterocycles. The Morgan fingerprint density at radius 2 is 2.00 bits per heavy atom. The summed E-state index contributed by atoms with van der Waals surface area (Å²) in [5, 5.41) is 7.64. The van der Waals surface area contributed by atoms with Crippen LogP contribution in [-0.2, 0) is 0 Å². The van der Waals surface area contributed by atoms with Crippen LogP contribution in [0.4, 0.5) is 0 Å². The minimum atomic E-state index is -0.133. The minimum absolute atomic E-state index is 0.133. The van der Waals surface area contributed by atoms with Gasteiger partial charge in [-0.25, -0.2) is 5.43 Å². The standard InChI is InChI=1S/C14H18N4O/c1-10(2)19-13-5-3-4-11(8-13)14(18-15)12-6-7-16-17-9-12/h3-10,14,18H,15H2,1-2H3. The van der Waals surface area contributed by atoms with Gasteiger partial charge in [-0.05, 0) is 43.2 Å². The summed E-state index contributed by atoms with van der Waals surface area (Å²) in [6.45, 7) is 4.00. The highest BCUT2D eigenvalue weighted by molar-refractivity contribution is 5.35. The van der Waals surface area contributed by atoms with Crippen LogP contribution < -0.4 is 16.0 Å². The second kappa shape index (κ2) is 6.26. The van der Waals surface area contributed by atoms with Gasteiger partial charge in [0.2, 0.25) is 0 Å². The van der Waals surface area contributed by atoms with Crippen LogP contribution in [0.25, 0.3) is 0 Å². The molecule has 1 atom stereocenters. The van der Waals surface area contributed by atoms with Crippen LogP contribution in [0.2, 0.25) is 0 Å². The van der Waals surface area contributed by atoms with Gasteiger partial charge < -0.3 is 4.74 Å². The van der Waals surface area contributed by atoms with Crippen molar-refractivity contribution >= 4 is 0 Å². The summed E-state index contributed by atoms with van der Waals surface area (Å²) in [6, 6.07) is 9.61. The number of ether oxygens (including phenoxy) is 1. The molecule has 0 aliphatic rings. The summed E-state index contributed by atoms with van der Waals surface area (Å²) in [7, 11) is 0. The second-order valence-electron chi connectivity index (χ2n) is 4.51. The first-order valence-electron chi connectivity index (χ1n) is 6.20. The summed E-state index contributed by atoms with van der Waals surface area (Å²) in [6.07, 6.45) is 3.48. The zero-order chi connectivity index (χ0) is 13.7. The van der Waals surface area contributed by atoms with E-state index in [1.165, 1.54) is 0 Å². The molecule has 3 N–H and O–H groups in total. The van der Waals surface area contributed by atoms with Crippen molar-refractivity contribution in [3.63, 3.8) is 0 Å². The normalized spacial score (nSPS) is 12.4. The molecular formula is C14H18N4O. The maximum Gasteiger partial charge on any atom is 0.120 e. The highest BCUT2D eigenvalue weighted by Gasteiger charge is 2.13. The summed E-state index contributed by atoms with van der Waals surface area (Å²) in [4.78, 5) is 0. The van der Waals surface area contributed by atoms with Crippen molar-refractivity contribution in [2.24, 2.45) is 5.84 Å². The number of rotatable bonds is 5. The van der Waals surface area contributed by atoms with Crippen LogP contribution in [0, 0.1) is 0 Å². The Balaban J connectivity index is 2.28. The van der Waals surface area contributed by atoms with E-state index in [0.29, 0.717) is 0 Å². The maximum atomic E-state index is 5.69. The van der Waals surface area contributed by atoms with Gasteiger partial charge in [0, 0.05) is 6.20 Å². The zero-order valence-corrected chi connectivity index (χ0v) is 11.1. The van der Waals surface area contributed by atoms with E-state index in [9.17, 15) is 0 Å². The largest absolute Gasteiger partial charge is 0.491 e.